The second-order valence-electron chi connectivity index (χ2n) is 4.74. The molecular weight excluding hydrogens is 303 g/mol. The van der Waals surface area contributed by atoms with E-state index in [9.17, 15) is 9.59 Å². The van der Waals surface area contributed by atoms with Gasteiger partial charge in [-0.1, -0.05) is 29.3 Å². The third kappa shape index (κ3) is 3.55. The quantitative estimate of drug-likeness (QED) is 0.800. The van der Waals surface area contributed by atoms with Gasteiger partial charge < -0.3 is 15.7 Å². The largest absolute Gasteiger partial charge is 0.481 e. The van der Waals surface area contributed by atoms with E-state index in [1.165, 1.54) is 0 Å². The highest BCUT2D eigenvalue weighted by molar-refractivity contribution is 6.43. The predicted octanol–water partition coefficient (Wildman–Crippen LogP) is 3.37. The van der Waals surface area contributed by atoms with Gasteiger partial charge in [0, 0.05) is 6.04 Å². The summed E-state index contributed by atoms with van der Waals surface area (Å²) in [5.74, 6) is -1.19. The van der Waals surface area contributed by atoms with E-state index in [4.69, 9.17) is 28.3 Å². The summed E-state index contributed by atoms with van der Waals surface area (Å²) in [6, 6.07) is 4.41. The van der Waals surface area contributed by atoms with Crippen molar-refractivity contribution in [3.63, 3.8) is 0 Å². The van der Waals surface area contributed by atoms with Crippen LogP contribution in [-0.2, 0) is 4.79 Å². The van der Waals surface area contributed by atoms with E-state index in [0.29, 0.717) is 30.0 Å². The lowest BCUT2D eigenvalue weighted by Crippen LogP contribution is -2.36. The van der Waals surface area contributed by atoms with Gasteiger partial charge in [0.25, 0.3) is 0 Å². The number of anilines is 1. The molecule has 1 aromatic rings. The zero-order valence-corrected chi connectivity index (χ0v) is 12.0. The number of benzene rings is 1. The van der Waals surface area contributed by atoms with E-state index in [-0.39, 0.29) is 17.0 Å². The van der Waals surface area contributed by atoms with Crippen LogP contribution < -0.4 is 10.6 Å². The van der Waals surface area contributed by atoms with Crippen LogP contribution in [0, 0.1) is 5.92 Å². The second kappa shape index (κ2) is 6.33. The summed E-state index contributed by atoms with van der Waals surface area (Å²) in [5, 5.41) is 14.9. The average molecular weight is 317 g/mol. The van der Waals surface area contributed by atoms with E-state index >= 15 is 0 Å². The van der Waals surface area contributed by atoms with Gasteiger partial charge in [-0.15, -0.1) is 0 Å². The lowest BCUT2D eigenvalue weighted by atomic mass is 10.1. The summed E-state index contributed by atoms with van der Waals surface area (Å²) < 4.78 is 0. The highest BCUT2D eigenvalue weighted by atomic mass is 35.5. The van der Waals surface area contributed by atoms with Crippen molar-refractivity contribution >= 4 is 40.9 Å². The number of hydrogen-bond acceptors (Lipinski definition) is 2. The molecule has 0 aliphatic heterocycles. The first-order valence-electron chi connectivity index (χ1n) is 6.21. The van der Waals surface area contributed by atoms with Gasteiger partial charge in [-0.3, -0.25) is 4.79 Å². The van der Waals surface area contributed by atoms with Gasteiger partial charge >= 0.3 is 12.0 Å². The molecular formula is C13H14Cl2N2O3. The molecule has 0 bridgehead atoms. The summed E-state index contributed by atoms with van der Waals surface area (Å²) in [5.41, 5.74) is 0.421. The zero-order chi connectivity index (χ0) is 14.7. The molecule has 0 saturated heterocycles. The van der Waals surface area contributed by atoms with E-state index < -0.39 is 12.0 Å². The van der Waals surface area contributed by atoms with Gasteiger partial charge in [0.15, 0.2) is 0 Å². The molecule has 1 aliphatic carbocycles. The number of carboxylic acid groups (broad SMARTS) is 1. The molecule has 0 aromatic heterocycles. The summed E-state index contributed by atoms with van der Waals surface area (Å²) in [6.45, 7) is 0. The Kier molecular flexibility index (Phi) is 4.73. The van der Waals surface area contributed by atoms with Gasteiger partial charge in [-0.25, -0.2) is 4.79 Å². The van der Waals surface area contributed by atoms with E-state index in [1.807, 2.05) is 0 Å². The molecule has 7 heteroatoms. The minimum atomic E-state index is -0.812. The zero-order valence-electron chi connectivity index (χ0n) is 10.5. The van der Waals surface area contributed by atoms with Crippen LogP contribution in [-0.4, -0.2) is 23.1 Å². The number of halogens is 2. The number of nitrogens with one attached hydrogen (secondary N) is 2. The van der Waals surface area contributed by atoms with Crippen molar-refractivity contribution in [1.29, 1.82) is 0 Å². The number of carboxylic acids is 1. The van der Waals surface area contributed by atoms with Gasteiger partial charge in [0.2, 0.25) is 0 Å². The topological polar surface area (TPSA) is 78.4 Å². The fraction of sp³-hybridized carbons (Fsp3) is 0.385. The van der Waals surface area contributed by atoms with Crippen LogP contribution >= 0.6 is 23.2 Å². The Labute approximate surface area is 126 Å². The van der Waals surface area contributed by atoms with Crippen LogP contribution in [0.4, 0.5) is 10.5 Å². The predicted molar refractivity (Wildman–Crippen MR) is 77.4 cm³/mol. The van der Waals surface area contributed by atoms with E-state index in [0.717, 1.165) is 0 Å². The smallest absolute Gasteiger partial charge is 0.319 e. The third-order valence-electron chi connectivity index (χ3n) is 3.32. The molecule has 0 spiro atoms. The highest BCUT2D eigenvalue weighted by Crippen LogP contribution is 2.30. The average Bonchev–Trinajstić information content (AvgIpc) is 2.83. The fourth-order valence-electron chi connectivity index (χ4n) is 2.28. The molecule has 2 amide bonds. The molecule has 0 radical (unpaired) electrons. The normalized spacial score (nSPS) is 21.5. The van der Waals surface area contributed by atoms with Gasteiger partial charge in [0.05, 0.1) is 21.7 Å². The van der Waals surface area contributed by atoms with Crippen LogP contribution in [0.1, 0.15) is 19.3 Å². The number of urea groups is 1. The molecule has 3 N–H and O–H groups in total. The molecule has 0 heterocycles. The van der Waals surface area contributed by atoms with Crippen molar-refractivity contribution in [3.8, 4) is 0 Å². The number of aliphatic carboxylic acids is 1. The van der Waals surface area contributed by atoms with Crippen molar-refractivity contribution in [2.24, 2.45) is 5.92 Å². The first kappa shape index (κ1) is 14.9. The first-order chi connectivity index (χ1) is 9.47. The molecule has 2 rings (SSSR count). The SMILES string of the molecule is O=C(Nc1cccc(Cl)c1Cl)N[C@H]1CC[C@@H](C(=O)O)C1. The third-order valence-corrected chi connectivity index (χ3v) is 4.14. The minimum absolute atomic E-state index is 0.131. The van der Waals surface area contributed by atoms with Gasteiger partial charge in [0.1, 0.15) is 0 Å². The molecule has 0 unspecified atom stereocenters. The maximum absolute atomic E-state index is 11.8. The minimum Gasteiger partial charge on any atom is -0.481 e. The van der Waals surface area contributed by atoms with Crippen LogP contribution in [0.5, 0.6) is 0 Å². The Hall–Kier alpha value is -1.46. The Bertz CT molecular complexity index is 536. The monoisotopic (exact) mass is 316 g/mol. The summed E-state index contributed by atoms with van der Waals surface area (Å²) in [4.78, 5) is 22.7. The summed E-state index contributed by atoms with van der Waals surface area (Å²) >= 11 is 11.8. The Morgan fingerprint density at radius 3 is 2.65 bits per heavy atom. The fourth-order valence-corrected chi connectivity index (χ4v) is 2.63. The molecule has 1 aliphatic rings. The maximum atomic E-state index is 11.8. The van der Waals surface area contributed by atoms with Crippen molar-refractivity contribution < 1.29 is 14.7 Å². The number of hydrogen-bond donors (Lipinski definition) is 3. The van der Waals surface area contributed by atoms with Crippen LogP contribution in [0.3, 0.4) is 0 Å². The number of carbonyl (C=O) groups excluding carboxylic acids is 1. The number of amides is 2. The van der Waals surface area contributed by atoms with Crippen LogP contribution in [0.15, 0.2) is 18.2 Å². The summed E-state index contributed by atoms with van der Waals surface area (Å²) in [6.07, 6.45) is 1.69. The molecule has 1 fully saturated rings. The van der Waals surface area contributed by atoms with E-state index in [1.54, 1.807) is 18.2 Å². The van der Waals surface area contributed by atoms with Crippen molar-refractivity contribution in [1.82, 2.24) is 5.32 Å². The number of carbonyl (C=O) groups is 2. The van der Waals surface area contributed by atoms with Crippen LogP contribution in [0.2, 0.25) is 10.0 Å². The molecule has 5 nitrogen and oxygen atoms in total. The van der Waals surface area contributed by atoms with E-state index in [2.05, 4.69) is 10.6 Å². The van der Waals surface area contributed by atoms with Crippen molar-refractivity contribution in [2.45, 2.75) is 25.3 Å². The molecule has 2 atom stereocenters. The molecule has 108 valence electrons. The maximum Gasteiger partial charge on any atom is 0.319 e. The Morgan fingerprint density at radius 2 is 2.00 bits per heavy atom. The lowest BCUT2D eigenvalue weighted by molar-refractivity contribution is -0.141. The second-order valence-corrected chi connectivity index (χ2v) is 5.53. The van der Waals surface area contributed by atoms with Gasteiger partial charge in [-0.2, -0.15) is 0 Å². The van der Waals surface area contributed by atoms with Crippen molar-refractivity contribution in [3.05, 3.63) is 28.2 Å². The van der Waals surface area contributed by atoms with Crippen molar-refractivity contribution in [2.75, 3.05) is 5.32 Å². The first-order valence-corrected chi connectivity index (χ1v) is 6.97. The molecule has 20 heavy (non-hydrogen) atoms. The number of rotatable bonds is 3. The summed E-state index contributed by atoms with van der Waals surface area (Å²) in [7, 11) is 0. The Morgan fingerprint density at radius 1 is 1.25 bits per heavy atom. The van der Waals surface area contributed by atoms with Gasteiger partial charge in [-0.05, 0) is 31.4 Å². The Balaban J connectivity index is 1.90. The standard InChI is InChI=1S/C13H14Cl2N2O3/c14-9-2-1-3-10(11(9)15)17-13(20)16-8-5-4-7(6-8)12(18)19/h1-3,7-8H,4-6H2,(H,18,19)(H2,16,17,20)/t7-,8+/m1/s1. The molecule has 1 saturated carbocycles. The highest BCUT2D eigenvalue weighted by Gasteiger charge is 2.30. The van der Waals surface area contributed by atoms with Crippen LogP contribution in [0.25, 0.3) is 0 Å². The molecule has 1 aromatic carbocycles. The lowest BCUT2D eigenvalue weighted by Gasteiger charge is -2.14.